The Morgan fingerprint density at radius 1 is 1.42 bits per heavy atom. The molecule has 0 bridgehead atoms. The molecule has 1 aromatic rings. The predicted octanol–water partition coefficient (Wildman–Crippen LogP) is 1.27. The Morgan fingerprint density at radius 2 is 2.17 bits per heavy atom. The van der Waals surface area contributed by atoms with Crippen LogP contribution in [0.4, 0.5) is 0 Å². The van der Waals surface area contributed by atoms with Gasteiger partial charge in [-0.3, -0.25) is 5.43 Å². The number of phenolic OH excluding ortho intramolecular Hbond substituents is 1. The van der Waals surface area contributed by atoms with Crippen LogP contribution >= 0.6 is 12.2 Å². The van der Waals surface area contributed by atoms with Crippen molar-refractivity contribution in [3.8, 4) is 5.75 Å². The van der Waals surface area contributed by atoms with Crippen molar-refractivity contribution in [3.05, 3.63) is 29.8 Å². The lowest BCUT2D eigenvalue weighted by Crippen LogP contribution is -1.98. The molecule has 0 saturated carbocycles. The first kappa shape index (κ1) is 8.67. The molecule has 2 N–H and O–H groups in total. The maximum Gasteiger partial charge on any atom is 0.124 e. The molecule has 1 aromatic carbocycles. The summed E-state index contributed by atoms with van der Waals surface area (Å²) >= 11 is 4.49. The molecule has 0 heterocycles. The number of hydrazone groups is 1. The molecule has 0 spiro atoms. The zero-order valence-corrected chi connectivity index (χ0v) is 7.08. The van der Waals surface area contributed by atoms with Gasteiger partial charge in [0, 0.05) is 5.56 Å². The monoisotopic (exact) mass is 180 g/mol. The van der Waals surface area contributed by atoms with Crippen molar-refractivity contribution < 1.29 is 5.11 Å². The van der Waals surface area contributed by atoms with Crippen LogP contribution in [0.5, 0.6) is 5.75 Å². The van der Waals surface area contributed by atoms with Gasteiger partial charge in [-0.15, -0.1) is 0 Å². The number of thiocarbonyl (C=S) groups is 1. The zero-order chi connectivity index (χ0) is 8.81. The Balaban J connectivity index is 2.74. The third-order valence-electron chi connectivity index (χ3n) is 1.27. The number of para-hydroxylation sites is 1. The molecule has 0 aliphatic heterocycles. The summed E-state index contributed by atoms with van der Waals surface area (Å²) in [7, 11) is 0. The van der Waals surface area contributed by atoms with Crippen molar-refractivity contribution in [3.63, 3.8) is 0 Å². The van der Waals surface area contributed by atoms with Crippen molar-refractivity contribution >= 4 is 23.9 Å². The number of aromatic hydroxyl groups is 1. The van der Waals surface area contributed by atoms with Gasteiger partial charge in [0.05, 0.1) is 11.7 Å². The maximum absolute atomic E-state index is 9.25. The molecule has 0 unspecified atom stereocenters. The highest BCUT2D eigenvalue weighted by Crippen LogP contribution is 2.12. The van der Waals surface area contributed by atoms with E-state index < -0.39 is 0 Å². The number of nitrogens with one attached hydrogen (secondary N) is 1. The number of phenols is 1. The lowest BCUT2D eigenvalue weighted by atomic mass is 10.2. The van der Waals surface area contributed by atoms with Gasteiger partial charge in [-0.1, -0.05) is 24.4 Å². The molecule has 12 heavy (non-hydrogen) atoms. The second-order valence-electron chi connectivity index (χ2n) is 2.06. The molecule has 4 heteroatoms. The van der Waals surface area contributed by atoms with Crippen LogP contribution in [-0.2, 0) is 0 Å². The Kier molecular flexibility index (Phi) is 3.22. The number of benzene rings is 1. The molecule has 0 saturated heterocycles. The van der Waals surface area contributed by atoms with Gasteiger partial charge in [-0.05, 0) is 12.1 Å². The predicted molar refractivity (Wildman–Crippen MR) is 52.5 cm³/mol. The van der Waals surface area contributed by atoms with Gasteiger partial charge in [0.1, 0.15) is 5.75 Å². The van der Waals surface area contributed by atoms with Crippen molar-refractivity contribution in [1.82, 2.24) is 5.43 Å². The molecule has 0 radical (unpaired) electrons. The Labute approximate surface area is 75.7 Å². The second-order valence-corrected chi connectivity index (χ2v) is 2.30. The van der Waals surface area contributed by atoms with E-state index in [4.69, 9.17) is 0 Å². The summed E-state index contributed by atoms with van der Waals surface area (Å²) in [5, 5.41) is 13.0. The van der Waals surface area contributed by atoms with Crippen molar-refractivity contribution in [2.75, 3.05) is 0 Å². The van der Waals surface area contributed by atoms with Crippen LogP contribution < -0.4 is 5.43 Å². The molecular formula is C8H8N2OS. The standard InChI is InChI=1S/C8H8N2OS/c11-8-4-2-1-3-7(8)5-9-10-6-12/h1-6,11H,(H,10,12). The van der Waals surface area contributed by atoms with Crippen LogP contribution in [0.25, 0.3) is 0 Å². The van der Waals surface area contributed by atoms with Crippen molar-refractivity contribution in [1.29, 1.82) is 0 Å². The number of nitrogens with zero attached hydrogens (tertiary/aromatic N) is 1. The molecular weight excluding hydrogens is 172 g/mol. The Hall–Kier alpha value is -1.42. The van der Waals surface area contributed by atoms with Crippen LogP contribution in [0.15, 0.2) is 29.4 Å². The van der Waals surface area contributed by atoms with Crippen LogP contribution in [0.3, 0.4) is 0 Å². The lowest BCUT2D eigenvalue weighted by Gasteiger charge is -1.95. The maximum atomic E-state index is 9.25. The molecule has 0 aliphatic carbocycles. The molecule has 1 rings (SSSR count). The fourth-order valence-corrected chi connectivity index (χ4v) is 0.795. The summed E-state index contributed by atoms with van der Waals surface area (Å²) in [4.78, 5) is 0. The first-order valence-corrected chi connectivity index (χ1v) is 3.82. The average molecular weight is 180 g/mol. The fourth-order valence-electron chi connectivity index (χ4n) is 0.734. The minimum atomic E-state index is 0.201. The van der Waals surface area contributed by atoms with Gasteiger partial charge in [0.25, 0.3) is 0 Å². The van der Waals surface area contributed by atoms with E-state index in [0.29, 0.717) is 5.56 Å². The third-order valence-corrected chi connectivity index (χ3v) is 1.37. The summed E-state index contributed by atoms with van der Waals surface area (Å²) in [5.41, 5.74) is 4.41. The summed E-state index contributed by atoms with van der Waals surface area (Å²) < 4.78 is 0. The Morgan fingerprint density at radius 3 is 2.83 bits per heavy atom. The van der Waals surface area contributed by atoms with E-state index in [2.05, 4.69) is 22.7 Å². The van der Waals surface area contributed by atoms with Crippen molar-refractivity contribution in [2.45, 2.75) is 0 Å². The number of hydrogen-bond acceptors (Lipinski definition) is 3. The van der Waals surface area contributed by atoms with Crippen molar-refractivity contribution in [2.24, 2.45) is 5.10 Å². The lowest BCUT2D eigenvalue weighted by molar-refractivity contribution is 0.474. The molecule has 0 fully saturated rings. The first-order chi connectivity index (χ1) is 5.84. The first-order valence-electron chi connectivity index (χ1n) is 3.35. The van der Waals surface area contributed by atoms with Crippen LogP contribution in [0, 0.1) is 0 Å². The van der Waals surface area contributed by atoms with Gasteiger partial charge in [-0.2, -0.15) is 5.10 Å². The highest BCUT2D eigenvalue weighted by atomic mass is 32.1. The highest BCUT2D eigenvalue weighted by molar-refractivity contribution is 7.78. The Bertz CT molecular complexity index is 299. The van der Waals surface area contributed by atoms with Gasteiger partial charge in [0.2, 0.25) is 0 Å². The molecule has 62 valence electrons. The van der Waals surface area contributed by atoms with Gasteiger partial charge in [0.15, 0.2) is 0 Å². The van der Waals surface area contributed by atoms with Crippen LogP contribution in [0.1, 0.15) is 5.56 Å². The van der Waals surface area contributed by atoms with Crippen LogP contribution in [0.2, 0.25) is 0 Å². The van der Waals surface area contributed by atoms with Gasteiger partial charge in [-0.25, -0.2) is 0 Å². The number of hydrogen-bond donors (Lipinski definition) is 2. The van der Waals surface area contributed by atoms with E-state index in [9.17, 15) is 5.11 Å². The minimum absolute atomic E-state index is 0.201. The highest BCUT2D eigenvalue weighted by Gasteiger charge is 1.92. The molecule has 0 aromatic heterocycles. The SMILES string of the molecule is Oc1ccccc1C=NNC=S. The molecule has 0 aliphatic rings. The topological polar surface area (TPSA) is 44.6 Å². The van der Waals surface area contributed by atoms with Gasteiger partial charge < -0.3 is 5.11 Å². The molecule has 0 amide bonds. The van der Waals surface area contributed by atoms with E-state index in [1.807, 2.05) is 6.07 Å². The minimum Gasteiger partial charge on any atom is -0.507 e. The second kappa shape index (κ2) is 4.46. The summed E-state index contributed by atoms with van der Waals surface area (Å²) in [6.07, 6.45) is 1.50. The van der Waals surface area contributed by atoms with E-state index >= 15 is 0 Å². The molecule has 3 nitrogen and oxygen atoms in total. The largest absolute Gasteiger partial charge is 0.507 e. The van der Waals surface area contributed by atoms with Gasteiger partial charge >= 0.3 is 0 Å². The zero-order valence-electron chi connectivity index (χ0n) is 6.27. The van der Waals surface area contributed by atoms with E-state index in [1.165, 1.54) is 11.7 Å². The summed E-state index contributed by atoms with van der Waals surface area (Å²) in [6.45, 7) is 0. The molecule has 0 atom stereocenters. The third kappa shape index (κ3) is 2.32. The quantitative estimate of drug-likeness (QED) is 0.418. The van der Waals surface area contributed by atoms with E-state index in [-0.39, 0.29) is 5.75 Å². The fraction of sp³-hybridized carbons (Fsp3) is 0. The smallest absolute Gasteiger partial charge is 0.124 e. The van der Waals surface area contributed by atoms with E-state index in [1.54, 1.807) is 18.2 Å². The summed E-state index contributed by atoms with van der Waals surface area (Å²) in [6, 6.07) is 6.92. The average Bonchev–Trinajstić information content (AvgIpc) is 2.09. The van der Waals surface area contributed by atoms with E-state index in [0.717, 1.165) is 0 Å². The normalized spacial score (nSPS) is 10.0. The number of rotatable bonds is 3. The van der Waals surface area contributed by atoms with Crippen LogP contribution in [-0.4, -0.2) is 16.8 Å². The summed E-state index contributed by atoms with van der Waals surface area (Å²) in [5.74, 6) is 0.201.